The van der Waals surface area contributed by atoms with E-state index in [2.05, 4.69) is 0 Å². The minimum absolute atomic E-state index is 0.0761. The SMILES string of the molecule is CC1CN(C(CN)C(=O)O)CC(C)O1. The molecule has 0 bridgehead atoms. The van der Waals surface area contributed by atoms with Crippen molar-refractivity contribution in [2.45, 2.75) is 32.1 Å². The second kappa shape index (κ2) is 4.72. The Morgan fingerprint density at radius 2 is 2.07 bits per heavy atom. The summed E-state index contributed by atoms with van der Waals surface area (Å²) in [6.45, 7) is 5.31. The maximum atomic E-state index is 10.9. The predicted octanol–water partition coefficient (Wildman–Crippen LogP) is -0.492. The van der Waals surface area contributed by atoms with Crippen molar-refractivity contribution in [3.05, 3.63) is 0 Å². The summed E-state index contributed by atoms with van der Waals surface area (Å²) in [5.74, 6) is -0.853. The van der Waals surface area contributed by atoms with Crippen LogP contribution < -0.4 is 5.73 Å². The molecule has 1 aliphatic heterocycles. The number of hydrogen-bond donors (Lipinski definition) is 2. The summed E-state index contributed by atoms with van der Waals surface area (Å²) in [5.41, 5.74) is 5.43. The number of carbonyl (C=O) groups is 1. The van der Waals surface area contributed by atoms with Gasteiger partial charge in [-0.3, -0.25) is 9.69 Å². The number of nitrogens with two attached hydrogens (primary N) is 1. The molecule has 14 heavy (non-hydrogen) atoms. The Kier molecular flexibility index (Phi) is 3.86. The van der Waals surface area contributed by atoms with Crippen LogP contribution in [0.1, 0.15) is 13.8 Å². The molecule has 0 spiro atoms. The lowest BCUT2D eigenvalue weighted by Crippen LogP contribution is -2.55. The van der Waals surface area contributed by atoms with Crippen molar-refractivity contribution in [2.24, 2.45) is 5.73 Å². The van der Waals surface area contributed by atoms with Gasteiger partial charge in [-0.05, 0) is 13.8 Å². The first-order valence-electron chi connectivity index (χ1n) is 4.87. The number of ether oxygens (including phenoxy) is 1. The van der Waals surface area contributed by atoms with E-state index in [9.17, 15) is 4.79 Å². The summed E-state index contributed by atoms with van der Waals surface area (Å²) < 4.78 is 5.52. The average Bonchev–Trinajstić information content (AvgIpc) is 2.02. The summed E-state index contributed by atoms with van der Waals surface area (Å²) in [5, 5.41) is 8.94. The number of carboxylic acid groups (broad SMARTS) is 1. The van der Waals surface area contributed by atoms with Gasteiger partial charge in [0.1, 0.15) is 6.04 Å². The topological polar surface area (TPSA) is 75.8 Å². The van der Waals surface area contributed by atoms with Crippen LogP contribution in [0.15, 0.2) is 0 Å². The molecule has 3 atom stereocenters. The van der Waals surface area contributed by atoms with E-state index in [-0.39, 0.29) is 18.8 Å². The lowest BCUT2D eigenvalue weighted by Gasteiger charge is -2.38. The van der Waals surface area contributed by atoms with Gasteiger partial charge in [-0.2, -0.15) is 0 Å². The standard InChI is InChI=1S/C9H18N2O3/c1-6-4-11(5-7(2)14-6)8(3-10)9(12)13/h6-8H,3-5,10H2,1-2H3,(H,12,13). The fourth-order valence-electron chi connectivity index (χ4n) is 1.88. The van der Waals surface area contributed by atoms with Gasteiger partial charge in [0.15, 0.2) is 0 Å². The fraction of sp³-hybridized carbons (Fsp3) is 0.889. The third kappa shape index (κ3) is 2.67. The summed E-state index contributed by atoms with van der Waals surface area (Å²) in [4.78, 5) is 12.8. The third-order valence-corrected chi connectivity index (χ3v) is 2.40. The molecule has 3 unspecified atom stereocenters. The van der Waals surface area contributed by atoms with Crippen LogP contribution in [-0.2, 0) is 9.53 Å². The number of nitrogens with zero attached hydrogens (tertiary/aromatic N) is 1. The molecule has 0 aliphatic carbocycles. The van der Waals surface area contributed by atoms with Crippen molar-refractivity contribution in [2.75, 3.05) is 19.6 Å². The Bertz CT molecular complexity index is 200. The van der Waals surface area contributed by atoms with Crippen LogP contribution in [0.25, 0.3) is 0 Å². The largest absolute Gasteiger partial charge is 0.480 e. The highest BCUT2D eigenvalue weighted by molar-refractivity contribution is 5.73. The normalized spacial score (nSPS) is 31.4. The molecule has 5 heteroatoms. The Morgan fingerprint density at radius 3 is 2.43 bits per heavy atom. The van der Waals surface area contributed by atoms with Crippen molar-refractivity contribution in [3.8, 4) is 0 Å². The van der Waals surface area contributed by atoms with E-state index in [0.29, 0.717) is 13.1 Å². The summed E-state index contributed by atoms with van der Waals surface area (Å²) in [7, 11) is 0. The molecule has 1 rings (SSSR count). The van der Waals surface area contributed by atoms with E-state index in [4.69, 9.17) is 15.6 Å². The number of hydrogen-bond acceptors (Lipinski definition) is 4. The van der Waals surface area contributed by atoms with Crippen molar-refractivity contribution in [1.82, 2.24) is 4.90 Å². The van der Waals surface area contributed by atoms with Crippen LogP contribution in [0, 0.1) is 0 Å². The molecule has 0 aromatic heterocycles. The Labute approximate surface area is 83.8 Å². The van der Waals surface area contributed by atoms with E-state index in [1.54, 1.807) is 0 Å². The zero-order chi connectivity index (χ0) is 10.7. The molecule has 1 saturated heterocycles. The molecule has 0 amide bonds. The number of aliphatic carboxylic acids is 1. The first-order chi connectivity index (χ1) is 6.54. The van der Waals surface area contributed by atoms with Crippen molar-refractivity contribution in [1.29, 1.82) is 0 Å². The van der Waals surface area contributed by atoms with Crippen LogP contribution in [0.4, 0.5) is 0 Å². The van der Waals surface area contributed by atoms with E-state index < -0.39 is 12.0 Å². The Morgan fingerprint density at radius 1 is 1.57 bits per heavy atom. The van der Waals surface area contributed by atoms with Crippen LogP contribution >= 0.6 is 0 Å². The van der Waals surface area contributed by atoms with Crippen LogP contribution in [-0.4, -0.2) is 53.9 Å². The maximum absolute atomic E-state index is 10.9. The molecule has 0 aromatic carbocycles. The monoisotopic (exact) mass is 202 g/mol. The molecule has 0 radical (unpaired) electrons. The van der Waals surface area contributed by atoms with Gasteiger partial charge in [0.25, 0.3) is 0 Å². The maximum Gasteiger partial charge on any atom is 0.322 e. The lowest BCUT2D eigenvalue weighted by molar-refractivity contribution is -0.148. The van der Waals surface area contributed by atoms with Crippen LogP contribution in [0.5, 0.6) is 0 Å². The van der Waals surface area contributed by atoms with E-state index >= 15 is 0 Å². The Hall–Kier alpha value is -0.650. The second-order valence-corrected chi connectivity index (χ2v) is 3.80. The summed E-state index contributed by atoms with van der Waals surface area (Å²) in [6, 6.07) is -0.580. The molecule has 1 fully saturated rings. The fourth-order valence-corrected chi connectivity index (χ4v) is 1.88. The molecule has 1 aliphatic rings. The number of morpholine rings is 1. The van der Waals surface area contributed by atoms with Gasteiger partial charge >= 0.3 is 5.97 Å². The van der Waals surface area contributed by atoms with Gasteiger partial charge in [0, 0.05) is 19.6 Å². The molecule has 0 saturated carbocycles. The molecule has 5 nitrogen and oxygen atoms in total. The van der Waals surface area contributed by atoms with Crippen molar-refractivity contribution >= 4 is 5.97 Å². The van der Waals surface area contributed by atoms with Crippen LogP contribution in [0.2, 0.25) is 0 Å². The molecule has 82 valence electrons. The molecular weight excluding hydrogens is 184 g/mol. The van der Waals surface area contributed by atoms with Gasteiger partial charge in [-0.1, -0.05) is 0 Å². The zero-order valence-electron chi connectivity index (χ0n) is 8.64. The first kappa shape index (κ1) is 11.4. The summed E-state index contributed by atoms with van der Waals surface area (Å²) in [6.07, 6.45) is 0.152. The zero-order valence-corrected chi connectivity index (χ0v) is 8.64. The number of rotatable bonds is 3. The second-order valence-electron chi connectivity index (χ2n) is 3.80. The van der Waals surface area contributed by atoms with E-state index in [0.717, 1.165) is 0 Å². The first-order valence-corrected chi connectivity index (χ1v) is 4.87. The quantitative estimate of drug-likeness (QED) is 0.645. The van der Waals surface area contributed by atoms with Gasteiger partial charge in [-0.15, -0.1) is 0 Å². The Balaban J connectivity index is 2.61. The molecule has 1 heterocycles. The van der Waals surface area contributed by atoms with E-state index in [1.807, 2.05) is 18.7 Å². The van der Waals surface area contributed by atoms with Crippen LogP contribution in [0.3, 0.4) is 0 Å². The smallest absolute Gasteiger partial charge is 0.322 e. The highest BCUT2D eigenvalue weighted by Crippen LogP contribution is 2.13. The predicted molar refractivity (Wildman–Crippen MR) is 52.1 cm³/mol. The molecule has 0 aromatic rings. The minimum atomic E-state index is -0.853. The highest BCUT2D eigenvalue weighted by Gasteiger charge is 2.30. The summed E-state index contributed by atoms with van der Waals surface area (Å²) >= 11 is 0. The van der Waals surface area contributed by atoms with E-state index in [1.165, 1.54) is 0 Å². The third-order valence-electron chi connectivity index (χ3n) is 2.40. The van der Waals surface area contributed by atoms with Crippen molar-refractivity contribution in [3.63, 3.8) is 0 Å². The van der Waals surface area contributed by atoms with Crippen molar-refractivity contribution < 1.29 is 14.6 Å². The molecule has 3 N–H and O–H groups in total. The van der Waals surface area contributed by atoms with Gasteiger partial charge in [-0.25, -0.2) is 0 Å². The number of carboxylic acids is 1. The highest BCUT2D eigenvalue weighted by atomic mass is 16.5. The van der Waals surface area contributed by atoms with Gasteiger partial charge < -0.3 is 15.6 Å². The lowest BCUT2D eigenvalue weighted by atomic mass is 10.1. The van der Waals surface area contributed by atoms with Gasteiger partial charge in [0.05, 0.1) is 12.2 Å². The minimum Gasteiger partial charge on any atom is -0.480 e. The molecular formula is C9H18N2O3. The van der Waals surface area contributed by atoms with Gasteiger partial charge in [0.2, 0.25) is 0 Å². The average molecular weight is 202 g/mol.